The van der Waals surface area contributed by atoms with E-state index in [9.17, 15) is 0 Å². The topological polar surface area (TPSA) is 56.0 Å². The molecule has 3 heteroatoms. The lowest BCUT2D eigenvalue weighted by molar-refractivity contribution is 0.286. The van der Waals surface area contributed by atoms with E-state index >= 15 is 0 Å². The van der Waals surface area contributed by atoms with E-state index in [0.29, 0.717) is 5.56 Å². The summed E-state index contributed by atoms with van der Waals surface area (Å²) in [6, 6.07) is 9.54. The summed E-state index contributed by atoms with van der Waals surface area (Å²) >= 11 is 0. The lowest BCUT2D eigenvalue weighted by Crippen LogP contribution is -2.03. The zero-order valence-corrected chi connectivity index (χ0v) is 8.03. The number of benzene rings is 1. The summed E-state index contributed by atoms with van der Waals surface area (Å²) in [4.78, 5) is 0. The van der Waals surface area contributed by atoms with Gasteiger partial charge in [0.2, 0.25) is 0 Å². The Balaban J connectivity index is 2.46. The van der Waals surface area contributed by atoms with E-state index in [0.717, 1.165) is 25.1 Å². The molecule has 0 saturated heterocycles. The van der Waals surface area contributed by atoms with Gasteiger partial charge in [-0.2, -0.15) is 5.26 Å². The Labute approximate surface area is 84.0 Å². The molecule has 0 aliphatic heterocycles. The van der Waals surface area contributed by atoms with Crippen molar-refractivity contribution < 1.29 is 5.11 Å². The Kier molecular flexibility index (Phi) is 4.53. The number of aliphatic hydroxyl groups excluding tert-OH is 1. The lowest BCUT2D eigenvalue weighted by atomic mass is 10.2. The van der Waals surface area contributed by atoms with Gasteiger partial charge in [-0.15, -0.1) is 0 Å². The summed E-state index contributed by atoms with van der Waals surface area (Å²) in [7, 11) is 0. The molecule has 0 bridgehead atoms. The standard InChI is InChI=1S/C11H14N2O/c12-9-10-5-1-2-6-11(10)13-7-3-4-8-14/h1-2,5-6,13-14H,3-4,7-8H2. The monoisotopic (exact) mass is 190 g/mol. The number of nitriles is 1. The van der Waals surface area contributed by atoms with Crippen LogP contribution < -0.4 is 5.32 Å². The Hall–Kier alpha value is -1.53. The molecule has 2 N–H and O–H groups in total. The molecule has 0 amide bonds. The van der Waals surface area contributed by atoms with E-state index in [1.807, 2.05) is 18.2 Å². The van der Waals surface area contributed by atoms with Gasteiger partial charge in [0.05, 0.1) is 11.3 Å². The van der Waals surface area contributed by atoms with E-state index in [-0.39, 0.29) is 6.61 Å². The van der Waals surface area contributed by atoms with Crippen LogP contribution >= 0.6 is 0 Å². The third-order valence-corrected chi connectivity index (χ3v) is 1.95. The molecule has 14 heavy (non-hydrogen) atoms. The molecule has 74 valence electrons. The maximum atomic E-state index is 8.79. The minimum absolute atomic E-state index is 0.224. The van der Waals surface area contributed by atoms with Crippen molar-refractivity contribution in [3.05, 3.63) is 29.8 Å². The Morgan fingerprint density at radius 1 is 1.29 bits per heavy atom. The van der Waals surface area contributed by atoms with Gasteiger partial charge in [0.15, 0.2) is 0 Å². The fourth-order valence-electron chi connectivity index (χ4n) is 1.19. The highest BCUT2D eigenvalue weighted by molar-refractivity contribution is 5.56. The number of unbranched alkanes of at least 4 members (excludes halogenated alkanes) is 1. The van der Waals surface area contributed by atoms with Crippen molar-refractivity contribution in [3.63, 3.8) is 0 Å². The second-order valence-electron chi connectivity index (χ2n) is 3.01. The van der Waals surface area contributed by atoms with Gasteiger partial charge in [0, 0.05) is 13.2 Å². The van der Waals surface area contributed by atoms with E-state index in [1.54, 1.807) is 6.07 Å². The van der Waals surface area contributed by atoms with Crippen molar-refractivity contribution in [2.24, 2.45) is 0 Å². The first-order valence-electron chi connectivity index (χ1n) is 4.72. The molecule has 0 heterocycles. The number of nitrogens with one attached hydrogen (secondary N) is 1. The van der Waals surface area contributed by atoms with Crippen LogP contribution in [0.25, 0.3) is 0 Å². The largest absolute Gasteiger partial charge is 0.396 e. The average Bonchev–Trinajstić information content (AvgIpc) is 2.25. The fourth-order valence-corrected chi connectivity index (χ4v) is 1.19. The minimum Gasteiger partial charge on any atom is -0.396 e. The van der Waals surface area contributed by atoms with Gasteiger partial charge in [-0.05, 0) is 25.0 Å². The van der Waals surface area contributed by atoms with Crippen molar-refractivity contribution >= 4 is 5.69 Å². The van der Waals surface area contributed by atoms with Crippen LogP contribution in [-0.4, -0.2) is 18.3 Å². The fraction of sp³-hybridized carbons (Fsp3) is 0.364. The van der Waals surface area contributed by atoms with Gasteiger partial charge in [0.25, 0.3) is 0 Å². The van der Waals surface area contributed by atoms with Crippen LogP contribution in [0, 0.1) is 11.3 Å². The molecule has 0 saturated carbocycles. The van der Waals surface area contributed by atoms with Crippen LogP contribution in [0.3, 0.4) is 0 Å². The summed E-state index contributed by atoms with van der Waals surface area (Å²) in [5.74, 6) is 0. The summed E-state index contributed by atoms with van der Waals surface area (Å²) in [5.41, 5.74) is 1.53. The van der Waals surface area contributed by atoms with Crippen molar-refractivity contribution in [1.82, 2.24) is 0 Å². The van der Waals surface area contributed by atoms with Crippen molar-refractivity contribution in [2.45, 2.75) is 12.8 Å². The molecule has 0 spiro atoms. The number of hydrogen-bond donors (Lipinski definition) is 2. The van der Waals surface area contributed by atoms with Gasteiger partial charge < -0.3 is 10.4 Å². The van der Waals surface area contributed by atoms with E-state index < -0.39 is 0 Å². The number of nitrogens with zero attached hydrogens (tertiary/aromatic N) is 1. The van der Waals surface area contributed by atoms with Crippen LogP contribution in [0.2, 0.25) is 0 Å². The Morgan fingerprint density at radius 3 is 2.79 bits per heavy atom. The number of hydrogen-bond acceptors (Lipinski definition) is 3. The second kappa shape index (κ2) is 6.01. The quantitative estimate of drug-likeness (QED) is 0.695. The molecule has 0 atom stereocenters. The molecule has 0 aliphatic carbocycles. The normalized spacial score (nSPS) is 9.43. The summed E-state index contributed by atoms with van der Waals surface area (Å²) < 4.78 is 0. The molecule has 0 aliphatic rings. The van der Waals surface area contributed by atoms with Crippen molar-refractivity contribution in [1.29, 1.82) is 5.26 Å². The average molecular weight is 190 g/mol. The summed E-state index contributed by atoms with van der Waals surface area (Å²) in [6.45, 7) is 1.01. The van der Waals surface area contributed by atoms with Crippen molar-refractivity contribution in [2.75, 3.05) is 18.5 Å². The minimum atomic E-state index is 0.224. The van der Waals surface area contributed by atoms with Crippen LogP contribution in [0.4, 0.5) is 5.69 Å². The van der Waals surface area contributed by atoms with Crippen LogP contribution in [0.1, 0.15) is 18.4 Å². The van der Waals surface area contributed by atoms with E-state index in [1.165, 1.54) is 0 Å². The number of aliphatic hydroxyl groups is 1. The summed E-state index contributed by atoms with van der Waals surface area (Å²) in [5, 5.41) is 20.5. The molecule has 0 aromatic heterocycles. The molecule has 0 unspecified atom stereocenters. The van der Waals surface area contributed by atoms with Crippen molar-refractivity contribution in [3.8, 4) is 6.07 Å². The van der Waals surface area contributed by atoms with Gasteiger partial charge in [-0.25, -0.2) is 0 Å². The molecular weight excluding hydrogens is 176 g/mol. The predicted molar refractivity (Wildman–Crippen MR) is 56.0 cm³/mol. The number of rotatable bonds is 5. The molecule has 1 rings (SSSR count). The van der Waals surface area contributed by atoms with Gasteiger partial charge in [-0.3, -0.25) is 0 Å². The smallest absolute Gasteiger partial charge is 0.101 e. The highest BCUT2D eigenvalue weighted by atomic mass is 16.2. The van der Waals surface area contributed by atoms with Gasteiger partial charge in [0.1, 0.15) is 6.07 Å². The van der Waals surface area contributed by atoms with E-state index in [2.05, 4.69) is 11.4 Å². The molecular formula is C11H14N2O. The molecule has 0 fully saturated rings. The Bertz CT molecular complexity index is 317. The third kappa shape index (κ3) is 3.08. The van der Waals surface area contributed by atoms with Gasteiger partial charge >= 0.3 is 0 Å². The first-order valence-corrected chi connectivity index (χ1v) is 4.72. The SMILES string of the molecule is N#Cc1ccccc1NCCCCO. The molecule has 1 aromatic carbocycles. The highest BCUT2D eigenvalue weighted by Crippen LogP contribution is 2.13. The van der Waals surface area contributed by atoms with Crippen LogP contribution in [0.15, 0.2) is 24.3 Å². The maximum Gasteiger partial charge on any atom is 0.101 e. The number of para-hydroxylation sites is 1. The van der Waals surface area contributed by atoms with E-state index in [4.69, 9.17) is 10.4 Å². The zero-order valence-electron chi connectivity index (χ0n) is 8.03. The second-order valence-corrected chi connectivity index (χ2v) is 3.01. The highest BCUT2D eigenvalue weighted by Gasteiger charge is 1.98. The van der Waals surface area contributed by atoms with Crippen LogP contribution in [-0.2, 0) is 0 Å². The molecule has 0 radical (unpaired) electrons. The molecule has 3 nitrogen and oxygen atoms in total. The molecule has 1 aromatic rings. The Morgan fingerprint density at radius 2 is 2.07 bits per heavy atom. The van der Waals surface area contributed by atoms with Gasteiger partial charge in [-0.1, -0.05) is 12.1 Å². The first kappa shape index (κ1) is 10.6. The first-order chi connectivity index (χ1) is 6.88. The van der Waals surface area contributed by atoms with Crippen LogP contribution in [0.5, 0.6) is 0 Å². The summed E-state index contributed by atoms with van der Waals surface area (Å²) in [6.07, 6.45) is 1.71. The number of anilines is 1. The lowest BCUT2D eigenvalue weighted by Gasteiger charge is -2.06. The predicted octanol–water partition coefficient (Wildman–Crippen LogP) is 1.74. The maximum absolute atomic E-state index is 8.79. The third-order valence-electron chi connectivity index (χ3n) is 1.95. The zero-order chi connectivity index (χ0) is 10.2.